The molecule has 0 radical (unpaired) electrons. The van der Waals surface area contributed by atoms with E-state index >= 15 is 0 Å². The quantitative estimate of drug-likeness (QED) is 0.478. The Balaban J connectivity index is 2.47. The molecular formula is C16H14O6. The van der Waals surface area contributed by atoms with E-state index in [1.165, 1.54) is 33.3 Å². The molecule has 0 heterocycles. The lowest BCUT2D eigenvalue weighted by Crippen LogP contribution is -2.15. The van der Waals surface area contributed by atoms with Crippen LogP contribution in [0.5, 0.6) is 11.5 Å². The molecule has 0 spiro atoms. The van der Waals surface area contributed by atoms with Gasteiger partial charge in [-0.2, -0.15) is 0 Å². The summed E-state index contributed by atoms with van der Waals surface area (Å²) in [7, 11) is 2.75. The Labute approximate surface area is 127 Å². The zero-order valence-electron chi connectivity index (χ0n) is 12.3. The van der Waals surface area contributed by atoms with Crippen molar-refractivity contribution in [1.82, 2.24) is 0 Å². The van der Waals surface area contributed by atoms with Crippen LogP contribution in [0, 0.1) is 0 Å². The molecule has 1 aliphatic rings. The molecule has 6 nitrogen and oxygen atoms in total. The Bertz CT molecular complexity index is 711. The summed E-state index contributed by atoms with van der Waals surface area (Å²) in [5.74, 6) is -0.809. The van der Waals surface area contributed by atoms with Gasteiger partial charge < -0.3 is 14.2 Å². The number of ether oxygens (including phenoxy) is 3. The van der Waals surface area contributed by atoms with Gasteiger partial charge >= 0.3 is 5.97 Å². The van der Waals surface area contributed by atoms with Crippen LogP contribution in [0.15, 0.2) is 36.1 Å². The molecule has 0 amide bonds. The van der Waals surface area contributed by atoms with Crippen molar-refractivity contribution < 1.29 is 28.6 Å². The number of carbonyl (C=O) groups is 3. The number of carbonyl (C=O) groups excluding carboxylic acids is 3. The maximum atomic E-state index is 12.2. The smallest absolute Gasteiger partial charge is 0.308 e. The van der Waals surface area contributed by atoms with Crippen molar-refractivity contribution in [1.29, 1.82) is 0 Å². The monoisotopic (exact) mass is 302 g/mol. The molecule has 0 aliphatic heterocycles. The predicted octanol–water partition coefficient (Wildman–Crippen LogP) is 1.69. The summed E-state index contributed by atoms with van der Waals surface area (Å²) in [5, 5.41) is 0. The van der Waals surface area contributed by atoms with Gasteiger partial charge in [0.2, 0.25) is 5.78 Å². The van der Waals surface area contributed by atoms with Crippen molar-refractivity contribution in [3.63, 3.8) is 0 Å². The molecule has 0 N–H and O–H groups in total. The molecule has 0 unspecified atom stereocenters. The number of hydrogen-bond donors (Lipinski definition) is 0. The molecule has 1 aliphatic carbocycles. The first-order valence-electron chi connectivity index (χ1n) is 6.39. The number of hydrogen-bond acceptors (Lipinski definition) is 6. The van der Waals surface area contributed by atoms with E-state index in [0.717, 1.165) is 6.08 Å². The number of rotatable bonds is 4. The second kappa shape index (κ2) is 6.26. The van der Waals surface area contributed by atoms with E-state index in [1.54, 1.807) is 12.1 Å². The van der Waals surface area contributed by atoms with E-state index in [2.05, 4.69) is 0 Å². The van der Waals surface area contributed by atoms with Crippen LogP contribution in [0.25, 0.3) is 5.57 Å². The third kappa shape index (κ3) is 3.06. The maximum Gasteiger partial charge on any atom is 0.308 e. The fourth-order valence-corrected chi connectivity index (χ4v) is 2.02. The Kier molecular flexibility index (Phi) is 4.41. The molecule has 1 aromatic rings. The molecule has 0 atom stereocenters. The van der Waals surface area contributed by atoms with E-state index in [9.17, 15) is 14.4 Å². The molecule has 0 fully saturated rings. The van der Waals surface area contributed by atoms with Crippen molar-refractivity contribution in [2.45, 2.75) is 6.92 Å². The average Bonchev–Trinajstić information content (AvgIpc) is 2.48. The minimum atomic E-state index is -0.520. The molecule has 0 saturated carbocycles. The summed E-state index contributed by atoms with van der Waals surface area (Å²) in [6.07, 6.45) is 2.34. The molecule has 114 valence electrons. The van der Waals surface area contributed by atoms with Gasteiger partial charge in [0.05, 0.1) is 14.2 Å². The first kappa shape index (κ1) is 15.5. The number of benzene rings is 1. The van der Waals surface area contributed by atoms with Gasteiger partial charge in [0.15, 0.2) is 23.0 Å². The standard InChI is InChI=1S/C16H14O6/c1-9(17)22-14-6-10(4-5-13(14)20-2)12-7-11(18)8-15(21-3)16(12)19/h4-8H,1-3H3. The largest absolute Gasteiger partial charge is 0.493 e. The van der Waals surface area contributed by atoms with Gasteiger partial charge in [0.1, 0.15) is 0 Å². The number of allylic oxidation sites excluding steroid dienone is 3. The highest BCUT2D eigenvalue weighted by Crippen LogP contribution is 2.32. The van der Waals surface area contributed by atoms with Gasteiger partial charge in [0, 0.05) is 18.6 Å². The summed E-state index contributed by atoms with van der Waals surface area (Å²) in [5.41, 5.74) is 0.596. The summed E-state index contributed by atoms with van der Waals surface area (Å²) >= 11 is 0. The highest BCUT2D eigenvalue weighted by molar-refractivity contribution is 6.35. The van der Waals surface area contributed by atoms with Crippen LogP contribution >= 0.6 is 0 Å². The molecule has 6 heteroatoms. The minimum absolute atomic E-state index is 0.0349. The van der Waals surface area contributed by atoms with Crippen LogP contribution in [0.3, 0.4) is 0 Å². The van der Waals surface area contributed by atoms with Crippen LogP contribution in [-0.2, 0) is 19.1 Å². The Morgan fingerprint density at radius 1 is 1.00 bits per heavy atom. The third-order valence-electron chi connectivity index (χ3n) is 2.98. The fraction of sp³-hybridized carbons (Fsp3) is 0.188. The number of Topliss-reactive ketones (excluding diaryl/α,β-unsaturated/α-hetero) is 1. The zero-order valence-corrected chi connectivity index (χ0v) is 12.3. The topological polar surface area (TPSA) is 78.9 Å². The average molecular weight is 302 g/mol. The SMILES string of the molecule is COC1=CC(=O)C=C(c2ccc(OC)c(OC(C)=O)c2)C1=O. The predicted molar refractivity (Wildman–Crippen MR) is 77.4 cm³/mol. The van der Waals surface area contributed by atoms with Gasteiger partial charge in [0.25, 0.3) is 0 Å². The van der Waals surface area contributed by atoms with E-state index < -0.39 is 11.8 Å². The second-order valence-corrected chi connectivity index (χ2v) is 4.46. The lowest BCUT2D eigenvalue weighted by Gasteiger charge is -2.14. The first-order valence-corrected chi connectivity index (χ1v) is 6.39. The lowest BCUT2D eigenvalue weighted by atomic mass is 9.95. The van der Waals surface area contributed by atoms with Gasteiger partial charge in [-0.1, -0.05) is 6.07 Å². The van der Waals surface area contributed by atoms with E-state index in [4.69, 9.17) is 14.2 Å². The van der Waals surface area contributed by atoms with Crippen LogP contribution in [0.2, 0.25) is 0 Å². The van der Waals surface area contributed by atoms with Crippen molar-refractivity contribution in [3.8, 4) is 11.5 Å². The summed E-state index contributed by atoms with van der Waals surface area (Å²) in [4.78, 5) is 35.0. The molecule has 22 heavy (non-hydrogen) atoms. The van der Waals surface area contributed by atoms with Crippen LogP contribution < -0.4 is 9.47 Å². The normalized spacial score (nSPS) is 14.1. The molecule has 0 saturated heterocycles. The second-order valence-electron chi connectivity index (χ2n) is 4.46. The Hall–Kier alpha value is -2.89. The molecule has 0 aromatic heterocycles. The molecule has 1 aromatic carbocycles. The fourth-order valence-electron chi connectivity index (χ4n) is 2.02. The minimum Gasteiger partial charge on any atom is -0.493 e. The third-order valence-corrected chi connectivity index (χ3v) is 2.98. The number of ketones is 2. The Morgan fingerprint density at radius 2 is 1.73 bits per heavy atom. The first-order chi connectivity index (χ1) is 10.5. The van der Waals surface area contributed by atoms with Gasteiger partial charge in [-0.25, -0.2) is 0 Å². The number of esters is 1. The van der Waals surface area contributed by atoms with Crippen molar-refractivity contribution in [2.75, 3.05) is 14.2 Å². The molecule has 2 rings (SSSR count). The van der Waals surface area contributed by atoms with Crippen LogP contribution in [-0.4, -0.2) is 31.8 Å². The highest BCUT2D eigenvalue weighted by atomic mass is 16.6. The lowest BCUT2D eigenvalue weighted by molar-refractivity contribution is -0.132. The summed E-state index contributed by atoms with van der Waals surface area (Å²) < 4.78 is 15.0. The molecule has 0 bridgehead atoms. The van der Waals surface area contributed by atoms with E-state index in [0.29, 0.717) is 11.3 Å². The van der Waals surface area contributed by atoms with Gasteiger partial charge in [-0.05, 0) is 23.8 Å². The summed E-state index contributed by atoms with van der Waals surface area (Å²) in [6, 6.07) is 4.62. The highest BCUT2D eigenvalue weighted by Gasteiger charge is 2.24. The Morgan fingerprint density at radius 3 is 2.32 bits per heavy atom. The van der Waals surface area contributed by atoms with Crippen molar-refractivity contribution in [2.24, 2.45) is 0 Å². The number of methoxy groups -OCH3 is 2. The van der Waals surface area contributed by atoms with Crippen LogP contribution in [0.1, 0.15) is 12.5 Å². The van der Waals surface area contributed by atoms with E-state index in [-0.39, 0.29) is 22.9 Å². The van der Waals surface area contributed by atoms with E-state index in [1.807, 2.05) is 0 Å². The maximum absolute atomic E-state index is 12.2. The van der Waals surface area contributed by atoms with Crippen LogP contribution in [0.4, 0.5) is 0 Å². The summed E-state index contributed by atoms with van der Waals surface area (Å²) in [6.45, 7) is 1.26. The van der Waals surface area contributed by atoms with Crippen molar-refractivity contribution in [3.05, 3.63) is 41.7 Å². The van der Waals surface area contributed by atoms with Gasteiger partial charge in [-0.3, -0.25) is 14.4 Å². The molecular weight excluding hydrogens is 288 g/mol. The zero-order chi connectivity index (χ0) is 16.3. The van der Waals surface area contributed by atoms with Crippen molar-refractivity contribution >= 4 is 23.1 Å². The van der Waals surface area contributed by atoms with Gasteiger partial charge in [-0.15, -0.1) is 0 Å².